The van der Waals surface area contributed by atoms with Crippen molar-refractivity contribution in [2.24, 2.45) is 4.99 Å². The number of hydrogen-bond acceptors (Lipinski definition) is 1. The molecule has 0 unspecified atom stereocenters. The van der Waals surface area contributed by atoms with Crippen molar-refractivity contribution >= 4 is 17.5 Å². The van der Waals surface area contributed by atoms with Crippen LogP contribution in [0.25, 0.3) is 5.57 Å². The van der Waals surface area contributed by atoms with E-state index >= 15 is 0 Å². The molecule has 0 aliphatic heterocycles. The van der Waals surface area contributed by atoms with Gasteiger partial charge >= 0.3 is 0 Å². The van der Waals surface area contributed by atoms with Crippen LogP contribution in [0.3, 0.4) is 0 Å². The number of aliphatic imine (C=N–C) groups is 1. The van der Waals surface area contributed by atoms with Gasteiger partial charge < -0.3 is 4.98 Å². The molecule has 3 rings (SSSR count). The summed E-state index contributed by atoms with van der Waals surface area (Å²) in [6.07, 6.45) is 8.29. The van der Waals surface area contributed by atoms with Crippen LogP contribution in [-0.2, 0) is 25.0 Å². The number of fused-ring (bicyclic) bond motifs is 1. The first-order valence-electron chi connectivity index (χ1n) is 6.25. The molecule has 0 saturated carbocycles. The van der Waals surface area contributed by atoms with Crippen LogP contribution in [-0.4, -0.2) is 6.21 Å². The smallest absolute Gasteiger partial charge is 0.0629 e. The fourth-order valence-electron chi connectivity index (χ4n) is 2.31. The van der Waals surface area contributed by atoms with Gasteiger partial charge in [-0.3, -0.25) is 4.99 Å². The van der Waals surface area contributed by atoms with Gasteiger partial charge in [-0.15, -0.1) is 5.69 Å². The first kappa shape index (κ1) is 13.9. The molecule has 1 aliphatic rings. The molecule has 0 fully saturated rings. The van der Waals surface area contributed by atoms with Gasteiger partial charge in [0.05, 0.1) is 5.69 Å². The molecule has 0 N–H and O–H groups in total. The summed E-state index contributed by atoms with van der Waals surface area (Å²) >= 11 is 0. The van der Waals surface area contributed by atoms with Crippen molar-refractivity contribution in [2.75, 3.05) is 0 Å². The Morgan fingerprint density at radius 2 is 2.00 bits per heavy atom. The fraction of sp³-hybridized carbons (Fsp3) is 0.188. The van der Waals surface area contributed by atoms with E-state index in [1.54, 1.807) is 0 Å². The summed E-state index contributed by atoms with van der Waals surface area (Å²) in [6.45, 7) is 2.13. The van der Waals surface area contributed by atoms with Gasteiger partial charge in [0.25, 0.3) is 0 Å². The molecular formula is C16H15N2V-. The van der Waals surface area contributed by atoms with Gasteiger partial charge in [-0.1, -0.05) is 35.4 Å². The largest absolute Gasteiger partial charge is 0.663 e. The Morgan fingerprint density at radius 1 is 1.21 bits per heavy atom. The number of aryl methyl sites for hydroxylation is 1. The van der Waals surface area contributed by atoms with Crippen LogP contribution in [0, 0.1) is 6.92 Å². The minimum absolute atomic E-state index is 0. The number of hydrogen-bond donors (Lipinski definition) is 0. The molecule has 0 bridgehead atoms. The van der Waals surface area contributed by atoms with E-state index in [1.165, 1.54) is 11.1 Å². The molecule has 1 aromatic heterocycles. The molecule has 0 saturated heterocycles. The van der Waals surface area contributed by atoms with Crippen molar-refractivity contribution in [3.63, 3.8) is 0 Å². The van der Waals surface area contributed by atoms with Gasteiger partial charge in [-0.05, 0) is 37.5 Å². The average Bonchev–Trinajstić information content (AvgIpc) is 2.80. The van der Waals surface area contributed by atoms with Crippen molar-refractivity contribution in [3.8, 4) is 0 Å². The van der Waals surface area contributed by atoms with E-state index in [1.807, 2.05) is 42.7 Å². The number of para-hydroxylation sites is 1. The third-order valence-electron chi connectivity index (χ3n) is 3.29. The third kappa shape index (κ3) is 2.91. The Bertz CT molecular complexity index is 609. The maximum Gasteiger partial charge on any atom is 0.0629 e. The van der Waals surface area contributed by atoms with Crippen LogP contribution in [0.15, 0.2) is 47.6 Å². The number of nitrogens with zero attached hydrogens (tertiary/aromatic N) is 2. The molecule has 19 heavy (non-hydrogen) atoms. The number of rotatable bonds is 2. The van der Waals surface area contributed by atoms with Crippen molar-refractivity contribution in [2.45, 2.75) is 19.8 Å². The molecule has 3 heteroatoms. The second-order valence-corrected chi connectivity index (χ2v) is 4.56. The molecule has 2 aromatic rings. The molecule has 95 valence electrons. The Labute approximate surface area is 125 Å². The topological polar surface area (TPSA) is 26.5 Å². The molecular weight excluding hydrogens is 271 g/mol. The van der Waals surface area contributed by atoms with Gasteiger partial charge in [-0.2, -0.15) is 6.20 Å². The molecule has 1 aromatic carbocycles. The van der Waals surface area contributed by atoms with Crippen LogP contribution in [0.1, 0.15) is 23.2 Å². The first-order chi connectivity index (χ1) is 8.84. The summed E-state index contributed by atoms with van der Waals surface area (Å²) in [6, 6.07) is 10.0. The number of aromatic nitrogens is 1. The third-order valence-corrected chi connectivity index (χ3v) is 3.29. The molecule has 0 spiro atoms. The Kier molecular flexibility index (Phi) is 4.46. The summed E-state index contributed by atoms with van der Waals surface area (Å²) in [4.78, 5) is 9.00. The van der Waals surface area contributed by atoms with E-state index in [2.05, 4.69) is 23.0 Å². The van der Waals surface area contributed by atoms with Gasteiger partial charge in [0.15, 0.2) is 0 Å². The predicted octanol–water partition coefficient (Wildman–Crippen LogP) is 3.68. The molecule has 1 radical (unpaired) electrons. The second kappa shape index (κ2) is 6.09. The fourth-order valence-corrected chi connectivity index (χ4v) is 2.31. The van der Waals surface area contributed by atoms with E-state index < -0.39 is 0 Å². The monoisotopic (exact) mass is 286 g/mol. The summed E-state index contributed by atoms with van der Waals surface area (Å²) in [5.41, 5.74) is 5.91. The molecule has 1 heterocycles. The van der Waals surface area contributed by atoms with E-state index in [-0.39, 0.29) is 18.6 Å². The molecule has 0 atom stereocenters. The van der Waals surface area contributed by atoms with Crippen LogP contribution >= 0.6 is 0 Å². The Morgan fingerprint density at radius 3 is 2.79 bits per heavy atom. The molecule has 2 nitrogen and oxygen atoms in total. The van der Waals surface area contributed by atoms with E-state index in [0.717, 1.165) is 29.8 Å². The zero-order chi connectivity index (χ0) is 12.4. The maximum atomic E-state index is 4.50. The SMILES string of the molecule is Cc1c[n-]c2c1CCC=C2C=Nc1ccccc1.[V]. The summed E-state index contributed by atoms with van der Waals surface area (Å²) < 4.78 is 0. The van der Waals surface area contributed by atoms with Gasteiger partial charge in [0.2, 0.25) is 0 Å². The second-order valence-electron chi connectivity index (χ2n) is 4.56. The summed E-state index contributed by atoms with van der Waals surface area (Å²) in [5.74, 6) is 0. The molecule has 0 amide bonds. The van der Waals surface area contributed by atoms with Gasteiger partial charge in [-0.25, -0.2) is 0 Å². The first-order valence-corrected chi connectivity index (χ1v) is 6.25. The van der Waals surface area contributed by atoms with Crippen molar-refractivity contribution in [1.82, 2.24) is 4.98 Å². The quantitative estimate of drug-likeness (QED) is 0.773. The number of benzene rings is 1. The maximum absolute atomic E-state index is 4.50. The summed E-state index contributed by atoms with van der Waals surface area (Å²) in [5, 5.41) is 0. The van der Waals surface area contributed by atoms with Gasteiger partial charge in [0, 0.05) is 24.8 Å². The predicted molar refractivity (Wildman–Crippen MR) is 75.4 cm³/mol. The number of allylic oxidation sites excluding steroid dienone is 2. The average molecular weight is 286 g/mol. The van der Waals surface area contributed by atoms with Crippen LogP contribution < -0.4 is 4.98 Å². The molecule has 1 aliphatic carbocycles. The minimum Gasteiger partial charge on any atom is -0.663 e. The van der Waals surface area contributed by atoms with Crippen LogP contribution in [0.2, 0.25) is 0 Å². The zero-order valence-corrected chi connectivity index (χ0v) is 12.3. The zero-order valence-electron chi connectivity index (χ0n) is 10.9. The van der Waals surface area contributed by atoms with E-state index in [9.17, 15) is 0 Å². The van der Waals surface area contributed by atoms with Crippen molar-refractivity contribution in [1.29, 1.82) is 0 Å². The van der Waals surface area contributed by atoms with Crippen molar-refractivity contribution < 1.29 is 18.6 Å². The minimum atomic E-state index is 0. The van der Waals surface area contributed by atoms with Gasteiger partial charge in [0.1, 0.15) is 0 Å². The van der Waals surface area contributed by atoms with Crippen LogP contribution in [0.5, 0.6) is 0 Å². The Balaban J connectivity index is 0.00000133. The van der Waals surface area contributed by atoms with E-state index in [4.69, 9.17) is 0 Å². The normalized spacial score (nSPS) is 13.8. The van der Waals surface area contributed by atoms with E-state index in [0.29, 0.717) is 0 Å². The van der Waals surface area contributed by atoms with Crippen molar-refractivity contribution in [3.05, 3.63) is 59.4 Å². The Hall–Kier alpha value is -1.51. The van der Waals surface area contributed by atoms with Crippen LogP contribution in [0.4, 0.5) is 5.69 Å². The summed E-state index contributed by atoms with van der Waals surface area (Å²) in [7, 11) is 0. The standard InChI is InChI=1S/C16H15N2.V/c1-12-10-18-16-13(6-5-9-15(12)16)11-17-14-7-3-2-4-8-14;/h2-4,6-8,10-11H,5,9H2,1H3;/q-1;.